The number of aromatic nitrogens is 3. The Morgan fingerprint density at radius 2 is 1.92 bits per heavy atom. The number of nitrogens with zero attached hydrogens (tertiary/aromatic N) is 3. The van der Waals surface area contributed by atoms with E-state index in [1.165, 1.54) is 6.92 Å². The van der Waals surface area contributed by atoms with Gasteiger partial charge in [0, 0.05) is 18.8 Å². The molecule has 0 bridgehead atoms. The van der Waals surface area contributed by atoms with E-state index >= 15 is 0 Å². The van der Waals surface area contributed by atoms with Gasteiger partial charge in [0.25, 0.3) is 0 Å². The summed E-state index contributed by atoms with van der Waals surface area (Å²) in [6.45, 7) is 5.45. The number of carbonyl (C=O) groups is 1. The Bertz CT molecular complexity index is 917. The van der Waals surface area contributed by atoms with Gasteiger partial charge in [-0.05, 0) is 58.6 Å². The maximum atomic E-state index is 11.2. The molecule has 26 heavy (non-hydrogen) atoms. The minimum absolute atomic E-state index is 0.242. The first kappa shape index (κ1) is 18.4. The SMILES string of the molecule is CC.CC(=O)OC1(c2ccc(Nc3nc4c(Br)cccn4n3)cc2)CC1. The highest BCUT2D eigenvalue weighted by Crippen LogP contribution is 2.49. The van der Waals surface area contributed by atoms with Gasteiger partial charge in [-0.25, -0.2) is 4.52 Å². The number of hydrogen-bond acceptors (Lipinski definition) is 5. The number of nitrogens with one attached hydrogen (secondary N) is 1. The summed E-state index contributed by atoms with van der Waals surface area (Å²) in [6, 6.07) is 11.7. The Morgan fingerprint density at radius 3 is 2.50 bits per heavy atom. The van der Waals surface area contributed by atoms with Crippen molar-refractivity contribution in [2.75, 3.05) is 5.32 Å². The number of fused-ring (bicyclic) bond motifs is 1. The van der Waals surface area contributed by atoms with Crippen molar-refractivity contribution < 1.29 is 9.53 Å². The lowest BCUT2D eigenvalue weighted by Crippen LogP contribution is -2.15. The van der Waals surface area contributed by atoms with Crippen molar-refractivity contribution in [1.29, 1.82) is 0 Å². The molecular formula is C19H21BrN4O2. The molecule has 136 valence electrons. The molecular weight excluding hydrogens is 396 g/mol. The highest BCUT2D eigenvalue weighted by molar-refractivity contribution is 9.10. The van der Waals surface area contributed by atoms with Gasteiger partial charge in [0.1, 0.15) is 5.60 Å². The van der Waals surface area contributed by atoms with Crippen LogP contribution in [-0.2, 0) is 15.1 Å². The maximum absolute atomic E-state index is 11.2. The Hall–Kier alpha value is -2.41. The first-order valence-corrected chi connectivity index (χ1v) is 9.43. The van der Waals surface area contributed by atoms with Crippen LogP contribution in [0.25, 0.3) is 5.65 Å². The van der Waals surface area contributed by atoms with E-state index in [1.807, 2.05) is 56.4 Å². The van der Waals surface area contributed by atoms with E-state index < -0.39 is 5.60 Å². The van der Waals surface area contributed by atoms with Crippen LogP contribution in [0.4, 0.5) is 11.6 Å². The largest absolute Gasteiger partial charge is 0.454 e. The number of halogens is 1. The molecule has 1 saturated carbocycles. The molecule has 1 fully saturated rings. The van der Waals surface area contributed by atoms with E-state index in [1.54, 1.807) is 4.52 Å². The van der Waals surface area contributed by atoms with Crippen LogP contribution < -0.4 is 5.32 Å². The molecule has 0 saturated heterocycles. The number of hydrogen-bond donors (Lipinski definition) is 1. The number of carbonyl (C=O) groups excluding carboxylic acids is 1. The van der Waals surface area contributed by atoms with E-state index in [0.717, 1.165) is 34.2 Å². The zero-order valence-electron chi connectivity index (χ0n) is 15.0. The van der Waals surface area contributed by atoms with Crippen LogP contribution in [0.3, 0.4) is 0 Å². The molecule has 0 atom stereocenters. The lowest BCUT2D eigenvalue weighted by molar-refractivity contribution is -0.149. The van der Waals surface area contributed by atoms with Gasteiger partial charge in [0.05, 0.1) is 4.47 Å². The smallest absolute Gasteiger partial charge is 0.303 e. The predicted octanol–water partition coefficient (Wildman–Crippen LogP) is 4.81. The second kappa shape index (κ2) is 7.45. The van der Waals surface area contributed by atoms with E-state index in [0.29, 0.717) is 5.95 Å². The maximum Gasteiger partial charge on any atom is 0.303 e. The molecule has 3 aromatic rings. The Labute approximate surface area is 160 Å². The lowest BCUT2D eigenvalue weighted by Gasteiger charge is -2.16. The highest BCUT2D eigenvalue weighted by atomic mass is 79.9. The number of ether oxygens (including phenoxy) is 1. The van der Waals surface area contributed by atoms with Crippen LogP contribution in [0.2, 0.25) is 0 Å². The van der Waals surface area contributed by atoms with E-state index in [4.69, 9.17) is 4.74 Å². The average molecular weight is 417 g/mol. The van der Waals surface area contributed by atoms with Crippen molar-refractivity contribution in [1.82, 2.24) is 14.6 Å². The predicted molar refractivity (Wildman–Crippen MR) is 104 cm³/mol. The molecule has 1 aliphatic rings. The fraction of sp³-hybridized carbons (Fsp3) is 0.316. The summed E-state index contributed by atoms with van der Waals surface area (Å²) in [6.07, 6.45) is 3.60. The number of benzene rings is 1. The van der Waals surface area contributed by atoms with Gasteiger partial charge in [-0.15, -0.1) is 5.10 Å². The van der Waals surface area contributed by atoms with Crippen LogP contribution in [0.15, 0.2) is 47.1 Å². The molecule has 7 heteroatoms. The minimum Gasteiger partial charge on any atom is -0.454 e. The Balaban J connectivity index is 0.000000948. The Morgan fingerprint density at radius 1 is 1.23 bits per heavy atom. The van der Waals surface area contributed by atoms with Crippen LogP contribution in [0, 0.1) is 0 Å². The summed E-state index contributed by atoms with van der Waals surface area (Å²) < 4.78 is 8.05. The Kier molecular flexibility index (Phi) is 5.27. The first-order valence-electron chi connectivity index (χ1n) is 8.64. The molecule has 0 spiro atoms. The van der Waals surface area contributed by atoms with Crippen LogP contribution in [-0.4, -0.2) is 20.6 Å². The zero-order valence-corrected chi connectivity index (χ0v) is 16.6. The van der Waals surface area contributed by atoms with Crippen molar-refractivity contribution >= 4 is 39.2 Å². The second-order valence-corrected chi connectivity index (χ2v) is 6.70. The number of anilines is 2. The summed E-state index contributed by atoms with van der Waals surface area (Å²) in [7, 11) is 0. The number of rotatable bonds is 4. The molecule has 0 amide bonds. The number of esters is 1. The van der Waals surface area contributed by atoms with Crippen LogP contribution in [0.1, 0.15) is 39.2 Å². The van der Waals surface area contributed by atoms with Crippen molar-refractivity contribution in [3.63, 3.8) is 0 Å². The first-order chi connectivity index (χ1) is 12.6. The van der Waals surface area contributed by atoms with Gasteiger partial charge < -0.3 is 10.1 Å². The minimum atomic E-state index is -0.420. The topological polar surface area (TPSA) is 68.5 Å². The second-order valence-electron chi connectivity index (χ2n) is 5.85. The standard InChI is InChI=1S/C17H15BrN4O2.C2H6/c1-11(23)24-17(8-9-17)12-4-6-13(7-5-12)19-16-20-15-14(18)3-2-10-22(15)21-16;1-2/h2-7,10H,8-9H2,1H3,(H,19,21);1-2H3. The molecule has 1 aromatic carbocycles. The molecule has 1 aliphatic carbocycles. The van der Waals surface area contributed by atoms with E-state index in [9.17, 15) is 4.79 Å². The molecule has 0 radical (unpaired) electrons. The third kappa shape index (κ3) is 3.72. The third-order valence-corrected chi connectivity index (χ3v) is 4.64. The molecule has 2 heterocycles. The molecule has 1 N–H and O–H groups in total. The monoisotopic (exact) mass is 416 g/mol. The van der Waals surface area contributed by atoms with Crippen molar-refractivity contribution in [3.8, 4) is 0 Å². The van der Waals surface area contributed by atoms with E-state index in [-0.39, 0.29) is 5.97 Å². The van der Waals surface area contributed by atoms with E-state index in [2.05, 4.69) is 31.3 Å². The summed E-state index contributed by atoms with van der Waals surface area (Å²) in [5, 5.41) is 7.58. The summed E-state index contributed by atoms with van der Waals surface area (Å²) in [4.78, 5) is 15.7. The van der Waals surface area contributed by atoms with Gasteiger partial charge in [-0.3, -0.25) is 4.79 Å². The highest BCUT2D eigenvalue weighted by Gasteiger charge is 2.47. The summed E-state index contributed by atoms with van der Waals surface area (Å²) in [5.74, 6) is 0.282. The van der Waals surface area contributed by atoms with Crippen molar-refractivity contribution in [2.45, 2.75) is 39.2 Å². The molecule has 4 rings (SSSR count). The molecule has 0 unspecified atom stereocenters. The third-order valence-electron chi connectivity index (χ3n) is 4.03. The van der Waals surface area contributed by atoms with Crippen molar-refractivity contribution in [2.24, 2.45) is 0 Å². The van der Waals surface area contributed by atoms with Gasteiger partial charge in [-0.1, -0.05) is 26.0 Å². The average Bonchev–Trinajstić information content (AvgIpc) is 3.27. The summed E-state index contributed by atoms with van der Waals surface area (Å²) in [5.41, 5.74) is 2.23. The van der Waals surface area contributed by atoms with Crippen LogP contribution >= 0.6 is 15.9 Å². The zero-order chi connectivity index (χ0) is 18.7. The fourth-order valence-electron chi connectivity index (χ4n) is 2.75. The quantitative estimate of drug-likeness (QED) is 0.617. The summed E-state index contributed by atoms with van der Waals surface area (Å²) >= 11 is 3.46. The number of pyridine rings is 1. The van der Waals surface area contributed by atoms with Gasteiger partial charge >= 0.3 is 5.97 Å². The normalized spacial score (nSPS) is 14.3. The lowest BCUT2D eigenvalue weighted by atomic mass is 10.1. The molecule has 2 aromatic heterocycles. The van der Waals surface area contributed by atoms with Crippen molar-refractivity contribution in [3.05, 3.63) is 52.6 Å². The van der Waals surface area contributed by atoms with Gasteiger partial charge in [0.15, 0.2) is 5.65 Å². The fourth-order valence-corrected chi connectivity index (χ4v) is 3.17. The van der Waals surface area contributed by atoms with Gasteiger partial charge in [-0.2, -0.15) is 4.98 Å². The molecule has 0 aliphatic heterocycles. The molecule has 6 nitrogen and oxygen atoms in total. The van der Waals surface area contributed by atoms with Gasteiger partial charge in [0.2, 0.25) is 5.95 Å². The van der Waals surface area contributed by atoms with Crippen LogP contribution in [0.5, 0.6) is 0 Å².